The van der Waals surface area contributed by atoms with Gasteiger partial charge in [-0.05, 0) is 0 Å². The van der Waals surface area contributed by atoms with Crippen molar-refractivity contribution in [1.82, 2.24) is 5.32 Å². The molecule has 0 amide bonds. The highest BCUT2D eigenvalue weighted by Crippen LogP contribution is 2.53. The lowest BCUT2D eigenvalue weighted by Crippen LogP contribution is -2.65. The molecular formula is C10H10F9NO5. The zero-order valence-corrected chi connectivity index (χ0v) is 11.6. The molecule has 0 saturated carbocycles. The minimum atomic E-state index is -7.21. The monoisotopic (exact) mass is 395 g/mol. The van der Waals surface area contributed by atoms with Crippen LogP contribution in [0.3, 0.4) is 0 Å². The summed E-state index contributed by atoms with van der Waals surface area (Å²) in [5.41, 5.74) is 0. The van der Waals surface area contributed by atoms with Gasteiger partial charge in [0.2, 0.25) is 0 Å². The van der Waals surface area contributed by atoms with Gasteiger partial charge < -0.3 is 20.6 Å². The van der Waals surface area contributed by atoms with Crippen LogP contribution in [0.4, 0.5) is 39.5 Å². The van der Waals surface area contributed by atoms with E-state index in [-0.39, 0.29) is 0 Å². The van der Waals surface area contributed by atoms with E-state index in [4.69, 9.17) is 15.3 Å². The number of aliphatic carboxylic acids is 2. The van der Waals surface area contributed by atoms with Crippen LogP contribution in [0.25, 0.3) is 0 Å². The van der Waals surface area contributed by atoms with Crippen LogP contribution in [0.2, 0.25) is 0 Å². The van der Waals surface area contributed by atoms with Gasteiger partial charge in [-0.15, -0.1) is 0 Å². The van der Waals surface area contributed by atoms with Crippen LogP contribution in [0.15, 0.2) is 0 Å². The summed E-state index contributed by atoms with van der Waals surface area (Å²) in [6, 6.07) is -2.21. The fraction of sp³-hybridized carbons (Fsp3) is 0.800. The average Bonchev–Trinajstić information content (AvgIpc) is 2.40. The third-order valence-electron chi connectivity index (χ3n) is 2.82. The minimum absolute atomic E-state index is 1.29. The van der Waals surface area contributed by atoms with Gasteiger partial charge in [0, 0.05) is 6.54 Å². The van der Waals surface area contributed by atoms with E-state index >= 15 is 0 Å². The van der Waals surface area contributed by atoms with Gasteiger partial charge in [0.15, 0.2) is 0 Å². The summed E-state index contributed by atoms with van der Waals surface area (Å²) in [7, 11) is 0. The third-order valence-corrected chi connectivity index (χ3v) is 2.82. The summed E-state index contributed by atoms with van der Waals surface area (Å²) in [5.74, 6) is -24.4. The normalized spacial score (nSPS) is 16.4. The lowest BCUT2D eigenvalue weighted by Gasteiger charge is -2.36. The van der Waals surface area contributed by atoms with E-state index in [9.17, 15) is 49.1 Å². The number of halogens is 9. The van der Waals surface area contributed by atoms with E-state index < -0.39 is 61.0 Å². The summed E-state index contributed by atoms with van der Waals surface area (Å²) in [5, 5.41) is 27.1. The van der Waals surface area contributed by atoms with E-state index in [1.54, 1.807) is 0 Å². The van der Waals surface area contributed by atoms with Crippen molar-refractivity contribution in [1.29, 1.82) is 0 Å². The van der Waals surface area contributed by atoms with Crippen LogP contribution in [0, 0.1) is 0 Å². The van der Waals surface area contributed by atoms with Crippen molar-refractivity contribution in [2.24, 2.45) is 0 Å². The Morgan fingerprint density at radius 2 is 1.32 bits per heavy atom. The van der Waals surface area contributed by atoms with Crippen molar-refractivity contribution in [3.8, 4) is 0 Å². The van der Waals surface area contributed by atoms with Gasteiger partial charge in [-0.25, -0.2) is 0 Å². The first-order valence-corrected chi connectivity index (χ1v) is 5.95. The first-order valence-electron chi connectivity index (χ1n) is 5.95. The Hall–Kier alpha value is -1.77. The van der Waals surface area contributed by atoms with Crippen molar-refractivity contribution in [3.63, 3.8) is 0 Å². The minimum Gasteiger partial charge on any atom is -0.481 e. The fourth-order valence-corrected chi connectivity index (χ4v) is 1.40. The molecule has 0 aromatic carbocycles. The van der Waals surface area contributed by atoms with Crippen LogP contribution in [-0.4, -0.2) is 69.9 Å². The number of alkyl halides is 9. The Morgan fingerprint density at radius 1 is 0.880 bits per heavy atom. The van der Waals surface area contributed by atoms with Gasteiger partial charge in [0.1, 0.15) is 12.1 Å². The number of carboxylic acids is 2. The lowest BCUT2D eigenvalue weighted by atomic mass is 9.98. The highest BCUT2D eigenvalue weighted by Gasteiger charge is 2.83. The number of hydrogen-bond donors (Lipinski definition) is 4. The molecule has 15 heteroatoms. The van der Waals surface area contributed by atoms with Gasteiger partial charge >= 0.3 is 35.9 Å². The van der Waals surface area contributed by atoms with Crippen molar-refractivity contribution in [3.05, 3.63) is 0 Å². The summed E-state index contributed by atoms with van der Waals surface area (Å²) >= 11 is 0. The number of nitrogens with one attached hydrogen (secondary N) is 1. The molecule has 0 spiro atoms. The van der Waals surface area contributed by atoms with E-state index in [1.165, 1.54) is 5.32 Å². The topological polar surface area (TPSA) is 107 Å². The standard InChI is InChI=1S/C10H10F9NO5/c11-7(12,8(13,14)9(15,16)10(17,18)19)4(21)2-20-3(6(24)25)1-5(22)23/h3-4,20-21H,1-2H2,(H,22,23)(H,24,25)/t3-,4+/m0/s1. The number of hydrogen-bond acceptors (Lipinski definition) is 4. The highest BCUT2D eigenvalue weighted by molar-refractivity contribution is 5.80. The summed E-state index contributed by atoms with van der Waals surface area (Å²) < 4.78 is 113. The van der Waals surface area contributed by atoms with E-state index in [1.807, 2.05) is 0 Å². The van der Waals surface area contributed by atoms with Crippen LogP contribution in [0.5, 0.6) is 0 Å². The Kier molecular flexibility index (Phi) is 6.72. The molecule has 148 valence electrons. The molecule has 2 atom stereocenters. The number of rotatable bonds is 9. The molecule has 0 aliphatic rings. The zero-order valence-electron chi connectivity index (χ0n) is 11.6. The maximum Gasteiger partial charge on any atom is 0.460 e. The maximum atomic E-state index is 13.3. The SMILES string of the molecule is O=C(O)C[C@H](NC[C@@H](O)C(F)(F)C(F)(F)C(F)(F)C(F)(F)F)C(=O)O. The smallest absolute Gasteiger partial charge is 0.460 e. The molecule has 0 heterocycles. The van der Waals surface area contributed by atoms with Crippen molar-refractivity contribution >= 4 is 11.9 Å². The first kappa shape index (κ1) is 23.2. The van der Waals surface area contributed by atoms with Gasteiger partial charge in [-0.3, -0.25) is 9.59 Å². The second-order valence-electron chi connectivity index (χ2n) is 4.68. The molecule has 0 rings (SSSR count). The van der Waals surface area contributed by atoms with Gasteiger partial charge in [0.25, 0.3) is 0 Å². The van der Waals surface area contributed by atoms with Crippen molar-refractivity contribution < 1.29 is 64.4 Å². The van der Waals surface area contributed by atoms with E-state index in [2.05, 4.69) is 0 Å². The predicted molar refractivity (Wildman–Crippen MR) is 58.6 cm³/mol. The Morgan fingerprint density at radius 3 is 1.64 bits per heavy atom. The van der Waals surface area contributed by atoms with Crippen LogP contribution >= 0.6 is 0 Å². The molecule has 0 aromatic heterocycles. The molecule has 0 fully saturated rings. The molecule has 0 aliphatic carbocycles. The Bertz CT molecular complexity index is 507. The quantitative estimate of drug-likeness (QED) is 0.439. The van der Waals surface area contributed by atoms with Crippen molar-refractivity contribution in [2.45, 2.75) is 42.5 Å². The number of aliphatic hydroxyl groups excluding tert-OH is 1. The van der Waals surface area contributed by atoms with Gasteiger partial charge in [0.05, 0.1) is 6.42 Å². The van der Waals surface area contributed by atoms with Crippen LogP contribution in [0.1, 0.15) is 6.42 Å². The molecule has 4 N–H and O–H groups in total. The number of aliphatic hydroxyl groups is 1. The van der Waals surface area contributed by atoms with E-state index in [0.717, 1.165) is 0 Å². The Labute approximate surface area is 132 Å². The molecule has 0 aliphatic heterocycles. The number of carbonyl (C=O) groups is 2. The molecule has 0 radical (unpaired) electrons. The summed E-state index contributed by atoms with van der Waals surface area (Å²) in [6.45, 7) is -1.92. The average molecular weight is 395 g/mol. The Balaban J connectivity index is 5.37. The lowest BCUT2D eigenvalue weighted by molar-refractivity contribution is -0.405. The summed E-state index contributed by atoms with van der Waals surface area (Å²) in [6.07, 6.45) is -12.3. The highest BCUT2D eigenvalue weighted by atomic mass is 19.4. The molecular weight excluding hydrogens is 385 g/mol. The number of carboxylic acid groups (broad SMARTS) is 2. The molecule has 0 bridgehead atoms. The van der Waals surface area contributed by atoms with E-state index in [0.29, 0.717) is 0 Å². The third kappa shape index (κ3) is 4.65. The van der Waals surface area contributed by atoms with Crippen LogP contribution in [-0.2, 0) is 9.59 Å². The van der Waals surface area contributed by atoms with Gasteiger partial charge in [-0.2, -0.15) is 39.5 Å². The molecule has 0 aromatic rings. The fourth-order valence-electron chi connectivity index (χ4n) is 1.40. The first-order chi connectivity index (χ1) is 10.9. The zero-order chi connectivity index (χ0) is 20.4. The molecule has 0 saturated heterocycles. The summed E-state index contributed by atoms with van der Waals surface area (Å²) in [4.78, 5) is 20.9. The van der Waals surface area contributed by atoms with Crippen LogP contribution < -0.4 is 5.32 Å². The molecule has 25 heavy (non-hydrogen) atoms. The van der Waals surface area contributed by atoms with Gasteiger partial charge in [-0.1, -0.05) is 0 Å². The maximum absolute atomic E-state index is 13.3. The largest absolute Gasteiger partial charge is 0.481 e. The molecule has 0 unspecified atom stereocenters. The second kappa shape index (κ2) is 7.23. The van der Waals surface area contributed by atoms with Crippen molar-refractivity contribution in [2.75, 3.05) is 6.54 Å². The second-order valence-corrected chi connectivity index (χ2v) is 4.68. The molecule has 6 nitrogen and oxygen atoms in total. The predicted octanol–water partition coefficient (Wildman–Crippen LogP) is 1.33.